The summed E-state index contributed by atoms with van der Waals surface area (Å²) in [6.07, 6.45) is 1.75. The second kappa shape index (κ2) is 9.21. The van der Waals surface area contributed by atoms with Gasteiger partial charge in [-0.05, 0) is 30.7 Å². The lowest BCUT2D eigenvalue weighted by atomic mass is 10.1. The number of anilines is 1. The van der Waals surface area contributed by atoms with Crippen molar-refractivity contribution in [3.8, 4) is 28.6 Å². The van der Waals surface area contributed by atoms with Crippen molar-refractivity contribution in [1.29, 1.82) is 0 Å². The molecule has 0 radical (unpaired) electrons. The molecular weight excluding hydrogens is 400 g/mol. The van der Waals surface area contributed by atoms with Gasteiger partial charge in [0.1, 0.15) is 0 Å². The molecule has 30 heavy (non-hydrogen) atoms. The molecule has 0 aliphatic carbocycles. The van der Waals surface area contributed by atoms with Gasteiger partial charge in [-0.25, -0.2) is 0 Å². The normalized spacial score (nSPS) is 14.6. The lowest BCUT2D eigenvalue weighted by Gasteiger charge is -2.20. The first kappa shape index (κ1) is 20.3. The third-order valence-corrected chi connectivity index (χ3v) is 5.70. The van der Waals surface area contributed by atoms with Gasteiger partial charge in [0.05, 0.1) is 14.2 Å². The molecule has 0 amide bonds. The summed E-state index contributed by atoms with van der Waals surface area (Å²) >= 11 is 1.59. The zero-order valence-electron chi connectivity index (χ0n) is 17.2. The molecule has 1 aliphatic heterocycles. The average Bonchev–Trinajstić information content (AvgIpc) is 2.95. The number of rotatable bonds is 7. The third-order valence-electron chi connectivity index (χ3n) is 4.77. The highest BCUT2D eigenvalue weighted by molar-refractivity contribution is 7.99. The summed E-state index contributed by atoms with van der Waals surface area (Å²) in [4.78, 5) is 4.67. The maximum absolute atomic E-state index is 6.31. The van der Waals surface area contributed by atoms with Crippen molar-refractivity contribution < 1.29 is 14.2 Å². The Kier molecular flexibility index (Phi) is 6.23. The molecule has 156 valence electrons. The van der Waals surface area contributed by atoms with Crippen molar-refractivity contribution in [2.75, 3.05) is 25.3 Å². The van der Waals surface area contributed by atoms with E-state index in [0.717, 1.165) is 35.4 Å². The molecular formula is C22H24N4O3S. The monoisotopic (exact) mass is 424 g/mol. The standard InChI is InChI=1S/C22H24N4O3S/c1-4-5-12-30-22-24-21-19(25-26-22)15-8-6-7-9-16(15)23-20(29-21)14-10-11-17(27-2)18(13-14)28-3/h6-11,13,20,23H,4-5,12H2,1-3H3/t20-/m1/s1. The van der Waals surface area contributed by atoms with Crippen LogP contribution in [0.3, 0.4) is 0 Å². The molecule has 1 aromatic heterocycles. The Balaban J connectivity index is 1.74. The zero-order chi connectivity index (χ0) is 20.9. The van der Waals surface area contributed by atoms with E-state index in [1.54, 1.807) is 26.0 Å². The van der Waals surface area contributed by atoms with Crippen molar-refractivity contribution >= 4 is 17.4 Å². The van der Waals surface area contributed by atoms with Crippen molar-refractivity contribution in [2.45, 2.75) is 31.1 Å². The number of fused-ring (bicyclic) bond motifs is 3. The lowest BCUT2D eigenvalue weighted by Crippen LogP contribution is -2.17. The van der Waals surface area contributed by atoms with E-state index in [9.17, 15) is 0 Å². The fourth-order valence-corrected chi connectivity index (χ4v) is 4.04. The van der Waals surface area contributed by atoms with Gasteiger partial charge >= 0.3 is 0 Å². The number of nitrogens with zero attached hydrogens (tertiary/aromatic N) is 3. The summed E-state index contributed by atoms with van der Waals surface area (Å²) in [6.45, 7) is 2.16. The first-order valence-electron chi connectivity index (χ1n) is 9.85. The van der Waals surface area contributed by atoms with E-state index in [4.69, 9.17) is 14.2 Å². The molecule has 0 saturated heterocycles. The maximum atomic E-state index is 6.31. The molecule has 1 atom stereocenters. The summed E-state index contributed by atoms with van der Waals surface area (Å²) in [7, 11) is 3.23. The molecule has 0 unspecified atom stereocenters. The first-order valence-corrected chi connectivity index (χ1v) is 10.8. The van der Waals surface area contributed by atoms with Crippen LogP contribution in [-0.2, 0) is 0 Å². The van der Waals surface area contributed by atoms with E-state index in [1.807, 2.05) is 42.5 Å². The number of hydrogen-bond donors (Lipinski definition) is 1. The van der Waals surface area contributed by atoms with Crippen LogP contribution in [0.4, 0.5) is 5.69 Å². The van der Waals surface area contributed by atoms with E-state index in [0.29, 0.717) is 28.2 Å². The van der Waals surface area contributed by atoms with Gasteiger partial charge in [0.15, 0.2) is 23.4 Å². The van der Waals surface area contributed by atoms with Gasteiger partial charge in [-0.2, -0.15) is 4.98 Å². The fraction of sp³-hybridized carbons (Fsp3) is 0.318. The summed E-state index contributed by atoms with van der Waals surface area (Å²) in [5, 5.41) is 12.8. The minimum absolute atomic E-state index is 0.459. The first-order chi connectivity index (χ1) is 14.7. The summed E-state index contributed by atoms with van der Waals surface area (Å²) in [6, 6.07) is 13.6. The van der Waals surface area contributed by atoms with E-state index in [1.165, 1.54) is 0 Å². The topological polar surface area (TPSA) is 78.4 Å². The highest BCUT2D eigenvalue weighted by Crippen LogP contribution is 2.40. The number of methoxy groups -OCH3 is 2. The van der Waals surface area contributed by atoms with Gasteiger partial charge in [-0.15, -0.1) is 10.2 Å². The van der Waals surface area contributed by atoms with Crippen molar-refractivity contribution in [1.82, 2.24) is 15.2 Å². The Morgan fingerprint density at radius 2 is 1.90 bits per heavy atom. The number of ether oxygens (including phenoxy) is 3. The minimum atomic E-state index is -0.475. The van der Waals surface area contributed by atoms with Gasteiger partial charge in [0.2, 0.25) is 11.0 Å². The second-order valence-corrected chi connectivity index (χ2v) is 7.81. The second-order valence-electron chi connectivity index (χ2n) is 6.75. The molecule has 0 spiro atoms. The van der Waals surface area contributed by atoms with Gasteiger partial charge in [0, 0.05) is 22.6 Å². The van der Waals surface area contributed by atoms with Gasteiger partial charge in [-0.1, -0.05) is 43.3 Å². The quantitative estimate of drug-likeness (QED) is 0.422. The molecule has 0 saturated carbocycles. The smallest absolute Gasteiger partial charge is 0.247 e. The van der Waals surface area contributed by atoms with Gasteiger partial charge < -0.3 is 19.5 Å². The molecule has 0 bridgehead atoms. The molecule has 1 aliphatic rings. The number of unbranched alkanes of at least 4 members (excludes halogenated alkanes) is 1. The van der Waals surface area contributed by atoms with Crippen LogP contribution in [0.15, 0.2) is 47.6 Å². The van der Waals surface area contributed by atoms with Crippen LogP contribution in [0.2, 0.25) is 0 Å². The van der Waals surface area contributed by atoms with Crippen molar-refractivity contribution in [3.05, 3.63) is 48.0 Å². The predicted octanol–water partition coefficient (Wildman–Crippen LogP) is 4.95. The number of para-hydroxylation sites is 1. The summed E-state index contributed by atoms with van der Waals surface area (Å²) < 4.78 is 17.1. The Labute approximate surface area is 180 Å². The Bertz CT molecular complexity index is 1030. The largest absolute Gasteiger partial charge is 0.493 e. The Morgan fingerprint density at radius 1 is 1.07 bits per heavy atom. The Hall–Kier alpha value is -3.00. The zero-order valence-corrected chi connectivity index (χ0v) is 18.0. The van der Waals surface area contributed by atoms with E-state index in [-0.39, 0.29) is 0 Å². The molecule has 1 N–H and O–H groups in total. The van der Waals surface area contributed by atoms with Gasteiger partial charge in [0.25, 0.3) is 0 Å². The number of benzene rings is 2. The summed E-state index contributed by atoms with van der Waals surface area (Å²) in [5.41, 5.74) is 3.31. The van der Waals surface area contributed by atoms with Crippen LogP contribution < -0.4 is 19.5 Å². The van der Waals surface area contributed by atoms with Gasteiger partial charge in [-0.3, -0.25) is 0 Å². The molecule has 2 heterocycles. The van der Waals surface area contributed by atoms with E-state index in [2.05, 4.69) is 27.4 Å². The third kappa shape index (κ3) is 4.14. The number of nitrogens with one attached hydrogen (secondary N) is 1. The molecule has 7 nitrogen and oxygen atoms in total. The minimum Gasteiger partial charge on any atom is -0.493 e. The van der Waals surface area contributed by atoms with Crippen molar-refractivity contribution in [2.24, 2.45) is 0 Å². The molecule has 2 aromatic carbocycles. The fourth-order valence-electron chi connectivity index (χ4n) is 3.18. The van der Waals surface area contributed by atoms with Crippen LogP contribution in [0.5, 0.6) is 17.4 Å². The number of aromatic nitrogens is 3. The lowest BCUT2D eigenvalue weighted by molar-refractivity contribution is 0.224. The van der Waals surface area contributed by atoms with Crippen LogP contribution in [0.1, 0.15) is 31.6 Å². The van der Waals surface area contributed by atoms with E-state index < -0.39 is 6.23 Å². The summed E-state index contributed by atoms with van der Waals surface area (Å²) in [5.74, 6) is 2.70. The van der Waals surface area contributed by atoms with E-state index >= 15 is 0 Å². The van der Waals surface area contributed by atoms with Crippen LogP contribution >= 0.6 is 11.8 Å². The SMILES string of the molecule is CCCCSc1nnc2c(n1)O[C@H](c1ccc(OC)c(OC)c1)Nc1ccccc1-2. The van der Waals surface area contributed by atoms with Crippen LogP contribution in [-0.4, -0.2) is 35.2 Å². The number of thioether (sulfide) groups is 1. The number of hydrogen-bond acceptors (Lipinski definition) is 8. The average molecular weight is 425 g/mol. The molecule has 8 heteroatoms. The highest BCUT2D eigenvalue weighted by Gasteiger charge is 2.26. The highest BCUT2D eigenvalue weighted by atomic mass is 32.2. The van der Waals surface area contributed by atoms with Crippen LogP contribution in [0, 0.1) is 0 Å². The predicted molar refractivity (Wildman–Crippen MR) is 117 cm³/mol. The van der Waals surface area contributed by atoms with Crippen molar-refractivity contribution in [3.63, 3.8) is 0 Å². The van der Waals surface area contributed by atoms with Crippen LogP contribution in [0.25, 0.3) is 11.3 Å². The molecule has 4 rings (SSSR count). The molecule has 3 aromatic rings. The maximum Gasteiger partial charge on any atom is 0.247 e. The Morgan fingerprint density at radius 3 is 2.70 bits per heavy atom. The molecule has 0 fully saturated rings.